The van der Waals surface area contributed by atoms with Gasteiger partial charge in [0.2, 0.25) is 0 Å². The zero-order valence-electron chi connectivity index (χ0n) is 14.1. The molecule has 1 aromatic rings. The molecule has 1 unspecified atom stereocenters. The molecule has 23 heavy (non-hydrogen) atoms. The van der Waals surface area contributed by atoms with Crippen LogP contribution in [-0.4, -0.2) is 38.2 Å². The minimum atomic E-state index is -0.294. The second-order valence-corrected chi connectivity index (χ2v) is 7.41. The number of carbonyl (C=O) groups is 1. The second kappa shape index (κ2) is 5.05. The van der Waals surface area contributed by atoms with Crippen LogP contribution in [0.15, 0.2) is 18.2 Å². The first-order chi connectivity index (χ1) is 11.1. The number of methoxy groups -OCH3 is 2. The van der Waals surface area contributed by atoms with E-state index in [1.807, 2.05) is 20.1 Å². The van der Waals surface area contributed by atoms with E-state index in [2.05, 4.69) is 17.4 Å². The lowest BCUT2D eigenvalue weighted by molar-refractivity contribution is -0.169. The molecule has 0 spiro atoms. The first-order valence-corrected chi connectivity index (χ1v) is 8.55. The summed E-state index contributed by atoms with van der Waals surface area (Å²) in [5, 5.41) is 3.67. The summed E-state index contributed by atoms with van der Waals surface area (Å²) in [6.07, 6.45) is 3.28. The van der Waals surface area contributed by atoms with Crippen LogP contribution in [0.5, 0.6) is 5.75 Å². The van der Waals surface area contributed by atoms with Crippen molar-refractivity contribution in [2.45, 2.75) is 49.7 Å². The molecule has 0 amide bonds. The van der Waals surface area contributed by atoms with Crippen LogP contribution in [0.1, 0.15) is 37.3 Å². The quantitative estimate of drug-likeness (QED) is 0.909. The van der Waals surface area contributed by atoms with Gasteiger partial charge in [-0.1, -0.05) is 13.0 Å². The van der Waals surface area contributed by atoms with Crippen molar-refractivity contribution in [3.8, 4) is 5.75 Å². The second-order valence-electron chi connectivity index (χ2n) is 7.41. The molecule has 1 N–H and O–H groups in total. The summed E-state index contributed by atoms with van der Waals surface area (Å²) < 4.78 is 11.7. The average Bonchev–Trinajstić information content (AvgIpc) is 2.55. The summed E-state index contributed by atoms with van der Waals surface area (Å²) in [5.41, 5.74) is 2.09. The third-order valence-electron chi connectivity index (χ3n) is 6.57. The maximum absolute atomic E-state index is 12.7. The molecule has 1 saturated carbocycles. The summed E-state index contributed by atoms with van der Waals surface area (Å²) in [6, 6.07) is 6.61. The molecule has 0 radical (unpaired) electrons. The van der Waals surface area contributed by atoms with Gasteiger partial charge >= 0.3 is 0 Å². The van der Waals surface area contributed by atoms with Crippen molar-refractivity contribution >= 4 is 5.78 Å². The van der Waals surface area contributed by atoms with E-state index in [1.165, 1.54) is 11.1 Å². The Hall–Kier alpha value is -1.39. The first kappa shape index (κ1) is 15.2. The molecular weight excluding hydrogens is 290 g/mol. The third kappa shape index (κ3) is 1.82. The van der Waals surface area contributed by atoms with Gasteiger partial charge in [-0.05, 0) is 49.1 Å². The highest BCUT2D eigenvalue weighted by Gasteiger charge is 2.65. The topological polar surface area (TPSA) is 47.6 Å². The van der Waals surface area contributed by atoms with Gasteiger partial charge in [-0.15, -0.1) is 0 Å². The number of hydrogen-bond donors (Lipinski definition) is 1. The molecule has 4 nitrogen and oxygen atoms in total. The van der Waals surface area contributed by atoms with Crippen molar-refractivity contribution < 1.29 is 14.3 Å². The van der Waals surface area contributed by atoms with Crippen molar-refractivity contribution in [3.63, 3.8) is 0 Å². The van der Waals surface area contributed by atoms with Gasteiger partial charge in [0.15, 0.2) is 0 Å². The standard InChI is InChI=1S/C19H25NO3/c1-12-10-19(23-3)17-8-13-4-5-14(22-2)9-15(13)18(19,6-7-20-17)11-16(12)21/h4-5,9,12,17,20H,6-8,10-11H2,1-3H3/t12?,17-,18-,19-/m1/s1. The zero-order valence-corrected chi connectivity index (χ0v) is 14.1. The largest absolute Gasteiger partial charge is 0.497 e. The average molecular weight is 315 g/mol. The Morgan fingerprint density at radius 3 is 2.87 bits per heavy atom. The lowest BCUT2D eigenvalue weighted by atomic mass is 9.48. The van der Waals surface area contributed by atoms with E-state index >= 15 is 0 Å². The normalized spacial score (nSPS) is 38.7. The van der Waals surface area contributed by atoms with Crippen LogP contribution in [0, 0.1) is 5.92 Å². The summed E-state index contributed by atoms with van der Waals surface area (Å²) in [6.45, 7) is 2.99. The van der Waals surface area contributed by atoms with E-state index in [0.717, 1.165) is 31.6 Å². The van der Waals surface area contributed by atoms with Crippen LogP contribution < -0.4 is 10.1 Å². The highest BCUT2D eigenvalue weighted by molar-refractivity contribution is 5.84. The third-order valence-corrected chi connectivity index (χ3v) is 6.57. The molecular formula is C19H25NO3. The Morgan fingerprint density at radius 2 is 2.13 bits per heavy atom. The van der Waals surface area contributed by atoms with Crippen LogP contribution >= 0.6 is 0 Å². The van der Waals surface area contributed by atoms with Crippen LogP contribution in [-0.2, 0) is 21.4 Å². The Labute approximate surface area is 137 Å². The van der Waals surface area contributed by atoms with Gasteiger partial charge < -0.3 is 14.8 Å². The van der Waals surface area contributed by atoms with Crippen molar-refractivity contribution in [2.24, 2.45) is 5.92 Å². The van der Waals surface area contributed by atoms with Gasteiger partial charge in [-0.25, -0.2) is 0 Å². The minimum Gasteiger partial charge on any atom is -0.497 e. The van der Waals surface area contributed by atoms with E-state index in [9.17, 15) is 4.79 Å². The van der Waals surface area contributed by atoms with E-state index in [1.54, 1.807) is 7.11 Å². The molecule has 0 aromatic heterocycles. The summed E-state index contributed by atoms with van der Waals surface area (Å²) in [4.78, 5) is 12.7. The number of rotatable bonds is 2. The Bertz CT molecular complexity index is 658. The molecule has 2 aliphatic carbocycles. The number of piperidine rings is 1. The molecule has 2 fully saturated rings. The fourth-order valence-electron chi connectivity index (χ4n) is 5.43. The zero-order chi connectivity index (χ0) is 16.2. The number of Topliss-reactive ketones (excluding diaryl/α,β-unsaturated/α-hetero) is 1. The molecule has 1 saturated heterocycles. The summed E-state index contributed by atoms with van der Waals surface area (Å²) in [7, 11) is 3.52. The Balaban J connectivity index is 1.96. The molecule has 4 atom stereocenters. The number of ketones is 1. The van der Waals surface area contributed by atoms with Gasteiger partial charge in [-0.2, -0.15) is 0 Å². The Morgan fingerprint density at radius 1 is 1.30 bits per heavy atom. The van der Waals surface area contributed by atoms with E-state index in [-0.39, 0.29) is 23.0 Å². The molecule has 3 aliphatic rings. The molecule has 4 rings (SSSR count). The van der Waals surface area contributed by atoms with E-state index < -0.39 is 0 Å². The number of carbonyl (C=O) groups excluding carboxylic acids is 1. The van der Waals surface area contributed by atoms with E-state index in [0.29, 0.717) is 12.2 Å². The minimum absolute atomic E-state index is 0.0673. The predicted octanol–water partition coefficient (Wildman–Crippen LogP) is 2.24. The fraction of sp³-hybridized carbons (Fsp3) is 0.632. The lowest BCUT2D eigenvalue weighted by Gasteiger charge is -2.63. The highest BCUT2D eigenvalue weighted by atomic mass is 16.5. The molecule has 4 heteroatoms. The van der Waals surface area contributed by atoms with Crippen molar-refractivity contribution in [1.82, 2.24) is 5.32 Å². The van der Waals surface area contributed by atoms with Crippen LogP contribution in [0.3, 0.4) is 0 Å². The maximum atomic E-state index is 12.7. The van der Waals surface area contributed by atoms with Crippen molar-refractivity contribution in [1.29, 1.82) is 0 Å². The number of ether oxygens (including phenoxy) is 2. The fourth-order valence-corrected chi connectivity index (χ4v) is 5.43. The number of nitrogens with one attached hydrogen (secondary N) is 1. The van der Waals surface area contributed by atoms with Gasteiger partial charge in [0.05, 0.1) is 12.7 Å². The Kier molecular flexibility index (Phi) is 3.33. The van der Waals surface area contributed by atoms with E-state index in [4.69, 9.17) is 9.47 Å². The summed E-state index contributed by atoms with van der Waals surface area (Å²) in [5.74, 6) is 1.30. The number of benzene rings is 1. The highest BCUT2D eigenvalue weighted by Crippen LogP contribution is 2.58. The van der Waals surface area contributed by atoms with Crippen molar-refractivity contribution in [2.75, 3.05) is 20.8 Å². The molecule has 1 heterocycles. The predicted molar refractivity (Wildman–Crippen MR) is 87.9 cm³/mol. The molecule has 1 aliphatic heterocycles. The van der Waals surface area contributed by atoms with Gasteiger partial charge in [0, 0.05) is 30.9 Å². The monoisotopic (exact) mass is 315 g/mol. The number of fused-ring (bicyclic) bond motifs is 1. The molecule has 2 bridgehead atoms. The number of hydrogen-bond acceptors (Lipinski definition) is 4. The first-order valence-electron chi connectivity index (χ1n) is 8.55. The molecule has 124 valence electrons. The van der Waals surface area contributed by atoms with Crippen LogP contribution in [0.2, 0.25) is 0 Å². The van der Waals surface area contributed by atoms with Crippen molar-refractivity contribution in [3.05, 3.63) is 29.3 Å². The molecule has 1 aromatic carbocycles. The van der Waals surface area contributed by atoms with Gasteiger partial charge in [0.1, 0.15) is 11.5 Å². The summed E-state index contributed by atoms with van der Waals surface area (Å²) >= 11 is 0. The van der Waals surface area contributed by atoms with Gasteiger partial charge in [-0.3, -0.25) is 4.79 Å². The SMILES string of the molecule is COc1ccc2c(c1)[C@]13CCN[C@H](C2)[C@]1(OC)CC(C)C(=O)C3. The van der Waals surface area contributed by atoms with Gasteiger partial charge in [0.25, 0.3) is 0 Å². The van der Waals surface area contributed by atoms with Crippen LogP contribution in [0.4, 0.5) is 0 Å². The smallest absolute Gasteiger partial charge is 0.136 e. The maximum Gasteiger partial charge on any atom is 0.136 e. The lowest BCUT2D eigenvalue weighted by Crippen LogP contribution is -2.74. The van der Waals surface area contributed by atoms with Crippen LogP contribution in [0.25, 0.3) is 0 Å².